The molecule has 12 heteroatoms. The lowest BCUT2D eigenvalue weighted by atomic mass is 11.6. The topological polar surface area (TPSA) is 102 Å². The van der Waals surface area contributed by atoms with Crippen molar-refractivity contribution in [1.29, 1.82) is 0 Å². The van der Waals surface area contributed by atoms with Crippen molar-refractivity contribution in [1.82, 2.24) is 0 Å². The second kappa shape index (κ2) is 6.48. The fraction of sp³-hybridized carbons (Fsp3) is 1.00. The molecular formula is C4H11F3O7SSi. The van der Waals surface area contributed by atoms with Gasteiger partial charge in [0.1, 0.15) is 0 Å². The highest BCUT2D eigenvalue weighted by Crippen LogP contribution is 2.20. The molecule has 0 aliphatic rings. The van der Waals surface area contributed by atoms with Gasteiger partial charge >= 0.3 is 24.7 Å². The van der Waals surface area contributed by atoms with E-state index in [1.165, 1.54) is 21.3 Å². The zero-order valence-electron chi connectivity index (χ0n) is 8.48. The maximum atomic E-state index is 10.7. The van der Waals surface area contributed by atoms with E-state index in [-0.39, 0.29) is 0 Å². The Hall–Kier alpha value is -0.243. The minimum Gasteiger partial charge on any atom is -0.367 e. The zero-order valence-corrected chi connectivity index (χ0v) is 10.3. The monoisotopic (exact) mass is 288 g/mol. The Kier molecular flexibility index (Phi) is 7.35. The normalized spacial score (nSPS) is 13.0. The molecule has 0 fully saturated rings. The van der Waals surface area contributed by atoms with E-state index >= 15 is 0 Å². The molecule has 0 aromatic carbocycles. The quantitative estimate of drug-likeness (QED) is 0.419. The summed E-state index contributed by atoms with van der Waals surface area (Å²) < 4.78 is 71.0. The molecule has 100 valence electrons. The van der Waals surface area contributed by atoms with Gasteiger partial charge in [0, 0.05) is 21.3 Å². The molecule has 0 saturated heterocycles. The van der Waals surface area contributed by atoms with Gasteiger partial charge in [-0.15, -0.1) is 0 Å². The Morgan fingerprint density at radius 2 is 1.25 bits per heavy atom. The average Bonchev–Trinajstić information content (AvgIpc) is 2.14. The Bertz CT molecular complexity index is 276. The lowest BCUT2D eigenvalue weighted by molar-refractivity contribution is -0.0510. The summed E-state index contributed by atoms with van der Waals surface area (Å²) >= 11 is 0. The van der Waals surface area contributed by atoms with E-state index in [1.807, 2.05) is 0 Å². The van der Waals surface area contributed by atoms with Crippen LogP contribution in [0.2, 0.25) is 0 Å². The molecule has 0 unspecified atom stereocenters. The molecular weight excluding hydrogens is 277 g/mol. The lowest BCUT2D eigenvalue weighted by Gasteiger charge is -2.14. The summed E-state index contributed by atoms with van der Waals surface area (Å²) in [6.45, 7) is 0. The van der Waals surface area contributed by atoms with Crippen LogP contribution in [0.25, 0.3) is 0 Å². The van der Waals surface area contributed by atoms with Gasteiger partial charge < -0.3 is 18.1 Å². The molecule has 0 aliphatic carbocycles. The van der Waals surface area contributed by atoms with Gasteiger partial charge in [-0.3, -0.25) is 4.55 Å². The molecule has 0 spiro atoms. The number of hydrogen-bond donors (Lipinski definition) is 2. The Morgan fingerprint density at radius 3 is 1.25 bits per heavy atom. The molecule has 0 bridgehead atoms. The second-order valence-corrected chi connectivity index (χ2v) is 5.74. The summed E-state index contributed by atoms with van der Waals surface area (Å²) in [4.78, 5) is 8.91. The van der Waals surface area contributed by atoms with Gasteiger partial charge in [0.15, 0.2) is 0 Å². The van der Waals surface area contributed by atoms with Crippen molar-refractivity contribution >= 4 is 19.2 Å². The zero-order chi connectivity index (χ0) is 13.6. The molecule has 0 atom stereocenters. The Labute approximate surface area is 91.0 Å². The second-order valence-electron chi connectivity index (χ2n) is 2.06. The van der Waals surface area contributed by atoms with Crippen LogP contribution < -0.4 is 0 Å². The third-order valence-electron chi connectivity index (χ3n) is 1.07. The van der Waals surface area contributed by atoms with E-state index < -0.39 is 24.7 Å². The van der Waals surface area contributed by atoms with Crippen LogP contribution in [0.4, 0.5) is 13.2 Å². The largest absolute Gasteiger partial charge is 0.676 e. The van der Waals surface area contributed by atoms with Crippen LogP contribution >= 0.6 is 0 Å². The van der Waals surface area contributed by atoms with Crippen LogP contribution in [0, 0.1) is 0 Å². The third-order valence-corrected chi connectivity index (χ3v) is 3.20. The minimum atomic E-state index is -5.84. The molecule has 0 amide bonds. The molecule has 0 radical (unpaired) electrons. The number of alkyl halides is 3. The maximum absolute atomic E-state index is 10.7. The van der Waals surface area contributed by atoms with Crippen LogP contribution in [0.5, 0.6) is 0 Å². The van der Waals surface area contributed by atoms with E-state index in [2.05, 4.69) is 13.3 Å². The maximum Gasteiger partial charge on any atom is 0.676 e. The summed E-state index contributed by atoms with van der Waals surface area (Å²) in [5, 5.41) is 0. The molecule has 0 aliphatic heterocycles. The highest BCUT2D eigenvalue weighted by molar-refractivity contribution is 7.86. The van der Waals surface area contributed by atoms with Crippen molar-refractivity contribution in [2.75, 3.05) is 21.3 Å². The van der Waals surface area contributed by atoms with Crippen LogP contribution in [-0.4, -0.2) is 53.7 Å². The first-order valence-electron chi connectivity index (χ1n) is 3.35. The predicted octanol–water partition coefficient (Wildman–Crippen LogP) is -0.253. The van der Waals surface area contributed by atoms with Gasteiger partial charge in [0.05, 0.1) is 0 Å². The SMILES string of the molecule is CO[Si](O)(OC)OC.O=S(=O)(O)C(F)(F)F. The third kappa shape index (κ3) is 7.10. The van der Waals surface area contributed by atoms with Gasteiger partial charge in [-0.25, -0.2) is 0 Å². The van der Waals surface area contributed by atoms with Crippen LogP contribution in [0.15, 0.2) is 0 Å². The highest BCUT2D eigenvalue weighted by atomic mass is 32.2. The van der Waals surface area contributed by atoms with Gasteiger partial charge in [-0.2, -0.15) is 21.6 Å². The molecule has 0 aromatic rings. The first-order valence-corrected chi connectivity index (χ1v) is 6.46. The molecule has 0 rings (SSSR count). The summed E-state index contributed by atoms with van der Waals surface area (Å²) in [6, 6.07) is 0. The molecule has 0 saturated carbocycles. The van der Waals surface area contributed by atoms with Gasteiger partial charge in [-0.05, 0) is 0 Å². The van der Waals surface area contributed by atoms with E-state index in [0.29, 0.717) is 0 Å². The molecule has 7 nitrogen and oxygen atoms in total. The number of halogens is 3. The van der Waals surface area contributed by atoms with Gasteiger partial charge in [0.25, 0.3) is 0 Å². The Balaban J connectivity index is 0. The molecule has 2 N–H and O–H groups in total. The van der Waals surface area contributed by atoms with Crippen molar-refractivity contribution in [3.63, 3.8) is 0 Å². The van der Waals surface area contributed by atoms with E-state index in [0.717, 1.165) is 0 Å². The summed E-state index contributed by atoms with van der Waals surface area (Å²) in [6.07, 6.45) is 0. The van der Waals surface area contributed by atoms with E-state index in [1.54, 1.807) is 0 Å². The van der Waals surface area contributed by atoms with Crippen molar-refractivity contribution in [2.45, 2.75) is 5.51 Å². The summed E-state index contributed by atoms with van der Waals surface area (Å²) in [5.41, 5.74) is -5.53. The fourth-order valence-corrected chi connectivity index (χ4v) is 0.750. The van der Waals surface area contributed by atoms with Crippen molar-refractivity contribution in [3.05, 3.63) is 0 Å². The minimum absolute atomic E-state index is 1.33. The van der Waals surface area contributed by atoms with Crippen molar-refractivity contribution in [2.24, 2.45) is 0 Å². The predicted molar refractivity (Wildman–Crippen MR) is 46.6 cm³/mol. The van der Waals surface area contributed by atoms with E-state index in [9.17, 15) is 13.2 Å². The fourth-order valence-electron chi connectivity index (χ4n) is 0.250. The van der Waals surface area contributed by atoms with Crippen molar-refractivity contribution in [3.8, 4) is 0 Å². The lowest BCUT2D eigenvalue weighted by Crippen LogP contribution is -2.42. The smallest absolute Gasteiger partial charge is 0.367 e. The first-order chi connectivity index (χ1) is 6.93. The molecule has 16 heavy (non-hydrogen) atoms. The Morgan fingerprint density at radius 1 is 1.06 bits per heavy atom. The van der Waals surface area contributed by atoms with Gasteiger partial charge in [-0.1, -0.05) is 0 Å². The number of hydrogen-bond acceptors (Lipinski definition) is 6. The van der Waals surface area contributed by atoms with Crippen LogP contribution in [0.3, 0.4) is 0 Å². The standard InChI is InChI=1S/C3H10O4Si.CHF3O3S/c1-5-8(4,6-2)7-3;2-1(3,4)8(5,6)7/h4H,1-3H3;(H,5,6,7). The van der Waals surface area contributed by atoms with Crippen LogP contribution in [0.1, 0.15) is 0 Å². The molecule has 0 aromatic heterocycles. The van der Waals surface area contributed by atoms with E-state index in [4.69, 9.17) is 17.8 Å². The number of rotatable bonds is 3. The van der Waals surface area contributed by atoms with Crippen molar-refractivity contribution < 1.29 is 44.2 Å². The van der Waals surface area contributed by atoms with Gasteiger partial charge in [0.2, 0.25) is 0 Å². The summed E-state index contributed by atoms with van der Waals surface area (Å²) in [7, 11) is -5.01. The highest BCUT2D eigenvalue weighted by Gasteiger charge is 2.44. The summed E-state index contributed by atoms with van der Waals surface area (Å²) in [5.74, 6) is 0. The first kappa shape index (κ1) is 18.1. The average molecular weight is 288 g/mol. The molecule has 0 heterocycles. The van der Waals surface area contributed by atoms with Crippen LogP contribution in [-0.2, 0) is 23.4 Å².